The van der Waals surface area contributed by atoms with E-state index in [0.29, 0.717) is 0 Å². The van der Waals surface area contributed by atoms with Crippen molar-refractivity contribution in [1.82, 2.24) is 14.8 Å². The zero-order valence-corrected chi connectivity index (χ0v) is 8.54. The number of aromatic nitrogens is 3. The molecule has 1 fully saturated rings. The molecule has 5 heteroatoms. The van der Waals surface area contributed by atoms with Crippen molar-refractivity contribution in [3.8, 4) is 0 Å². The molecule has 1 saturated carbocycles. The molecule has 0 aliphatic heterocycles. The highest BCUT2D eigenvalue weighted by Gasteiger charge is 2.28. The van der Waals surface area contributed by atoms with Crippen LogP contribution in [0.3, 0.4) is 0 Å². The Kier molecular flexibility index (Phi) is 2.99. The first kappa shape index (κ1) is 10.1. The van der Waals surface area contributed by atoms with Crippen LogP contribution in [-0.2, 0) is 4.79 Å². The molecule has 1 heterocycles. The molecular weight excluding hydrogens is 194 g/mol. The fourth-order valence-electron chi connectivity index (χ4n) is 2.42. The number of carboxylic acid groups (broad SMARTS) is 1. The van der Waals surface area contributed by atoms with E-state index in [-0.39, 0.29) is 18.4 Å². The van der Waals surface area contributed by atoms with Gasteiger partial charge in [-0.1, -0.05) is 12.8 Å². The normalized spacial score (nSPS) is 26.4. The van der Waals surface area contributed by atoms with Gasteiger partial charge in [-0.15, -0.1) is 10.2 Å². The summed E-state index contributed by atoms with van der Waals surface area (Å²) in [4.78, 5) is 10.7. The van der Waals surface area contributed by atoms with E-state index in [0.717, 1.165) is 19.3 Å². The Morgan fingerprint density at radius 2 is 2.00 bits per heavy atom. The maximum Gasteiger partial charge on any atom is 0.303 e. The van der Waals surface area contributed by atoms with Crippen LogP contribution >= 0.6 is 0 Å². The van der Waals surface area contributed by atoms with Gasteiger partial charge in [0.2, 0.25) is 0 Å². The standard InChI is InChI=1S/C10H15N3O2/c14-10(15)5-8-3-1-2-4-9(8)13-6-11-12-7-13/h6-9H,1-5H2,(H,14,15). The van der Waals surface area contributed by atoms with E-state index in [1.807, 2.05) is 4.57 Å². The third kappa shape index (κ3) is 2.34. The number of aliphatic carboxylic acids is 1. The maximum absolute atomic E-state index is 10.7. The van der Waals surface area contributed by atoms with Gasteiger partial charge in [0.25, 0.3) is 0 Å². The lowest BCUT2D eigenvalue weighted by Crippen LogP contribution is -2.24. The predicted molar refractivity (Wildman–Crippen MR) is 53.3 cm³/mol. The zero-order chi connectivity index (χ0) is 10.7. The zero-order valence-electron chi connectivity index (χ0n) is 8.54. The monoisotopic (exact) mass is 209 g/mol. The molecule has 5 nitrogen and oxygen atoms in total. The first-order chi connectivity index (χ1) is 7.27. The molecule has 0 spiro atoms. The molecule has 2 unspecified atom stereocenters. The SMILES string of the molecule is O=C(O)CC1CCCCC1n1cnnc1. The summed E-state index contributed by atoms with van der Waals surface area (Å²) in [5.74, 6) is -0.479. The quantitative estimate of drug-likeness (QED) is 0.818. The average Bonchev–Trinajstić information content (AvgIpc) is 2.70. The van der Waals surface area contributed by atoms with Gasteiger partial charge in [0.05, 0.1) is 6.42 Å². The first-order valence-corrected chi connectivity index (χ1v) is 5.33. The van der Waals surface area contributed by atoms with Crippen molar-refractivity contribution in [2.45, 2.75) is 38.1 Å². The largest absolute Gasteiger partial charge is 0.481 e. The molecule has 0 saturated heterocycles. The van der Waals surface area contributed by atoms with E-state index in [2.05, 4.69) is 10.2 Å². The Bertz CT molecular complexity index is 323. The lowest BCUT2D eigenvalue weighted by atomic mass is 9.82. The summed E-state index contributed by atoms with van der Waals surface area (Å²) in [5, 5.41) is 16.4. The van der Waals surface area contributed by atoms with E-state index >= 15 is 0 Å². The van der Waals surface area contributed by atoms with Crippen LogP contribution < -0.4 is 0 Å². The summed E-state index contributed by atoms with van der Waals surface area (Å²) in [6.07, 6.45) is 7.96. The van der Waals surface area contributed by atoms with Crippen molar-refractivity contribution < 1.29 is 9.90 Å². The Hall–Kier alpha value is -1.39. The van der Waals surface area contributed by atoms with Crippen LogP contribution in [0.2, 0.25) is 0 Å². The van der Waals surface area contributed by atoms with E-state index in [4.69, 9.17) is 5.11 Å². The number of hydrogen-bond donors (Lipinski definition) is 1. The average molecular weight is 209 g/mol. The number of carbonyl (C=O) groups is 1. The molecule has 2 rings (SSSR count). The van der Waals surface area contributed by atoms with Crippen molar-refractivity contribution in [2.75, 3.05) is 0 Å². The summed E-state index contributed by atoms with van der Waals surface area (Å²) < 4.78 is 1.95. The fraction of sp³-hybridized carbons (Fsp3) is 0.700. The maximum atomic E-state index is 10.7. The van der Waals surface area contributed by atoms with Crippen molar-refractivity contribution in [3.63, 3.8) is 0 Å². The summed E-state index contributed by atoms with van der Waals surface area (Å²) in [5.41, 5.74) is 0. The van der Waals surface area contributed by atoms with Crippen molar-refractivity contribution in [2.24, 2.45) is 5.92 Å². The molecule has 0 bridgehead atoms. The van der Waals surface area contributed by atoms with Gasteiger partial charge in [-0.3, -0.25) is 4.79 Å². The Balaban J connectivity index is 2.09. The van der Waals surface area contributed by atoms with Gasteiger partial charge in [0.1, 0.15) is 12.7 Å². The fourth-order valence-corrected chi connectivity index (χ4v) is 2.42. The van der Waals surface area contributed by atoms with Gasteiger partial charge >= 0.3 is 5.97 Å². The number of nitrogens with zero attached hydrogens (tertiary/aromatic N) is 3. The number of carboxylic acids is 1. The third-order valence-corrected chi connectivity index (χ3v) is 3.13. The molecule has 2 atom stereocenters. The Morgan fingerprint density at radius 3 is 2.67 bits per heavy atom. The highest BCUT2D eigenvalue weighted by atomic mass is 16.4. The number of hydrogen-bond acceptors (Lipinski definition) is 3. The van der Waals surface area contributed by atoms with Crippen LogP contribution in [0.25, 0.3) is 0 Å². The molecule has 1 aliphatic rings. The van der Waals surface area contributed by atoms with Crippen molar-refractivity contribution >= 4 is 5.97 Å². The van der Waals surface area contributed by atoms with Gasteiger partial charge in [-0.2, -0.15) is 0 Å². The van der Waals surface area contributed by atoms with Gasteiger partial charge in [0, 0.05) is 6.04 Å². The van der Waals surface area contributed by atoms with Crippen LogP contribution in [0.5, 0.6) is 0 Å². The van der Waals surface area contributed by atoms with Gasteiger partial charge in [-0.25, -0.2) is 0 Å². The highest BCUT2D eigenvalue weighted by molar-refractivity contribution is 5.67. The lowest BCUT2D eigenvalue weighted by molar-refractivity contribution is -0.138. The molecule has 1 N–H and O–H groups in total. The molecule has 0 aromatic carbocycles. The predicted octanol–water partition coefficient (Wildman–Crippen LogP) is 1.48. The molecule has 82 valence electrons. The van der Waals surface area contributed by atoms with Crippen LogP contribution in [0, 0.1) is 5.92 Å². The molecule has 1 aromatic heterocycles. The number of rotatable bonds is 3. The van der Waals surface area contributed by atoms with Crippen LogP contribution in [0.1, 0.15) is 38.1 Å². The summed E-state index contributed by atoms with van der Waals surface area (Å²) in [6, 6.07) is 0.268. The van der Waals surface area contributed by atoms with Gasteiger partial charge in [-0.05, 0) is 18.8 Å². The molecule has 1 aromatic rings. The third-order valence-electron chi connectivity index (χ3n) is 3.13. The molecule has 0 radical (unpaired) electrons. The minimum atomic E-state index is -0.708. The smallest absolute Gasteiger partial charge is 0.303 e. The molecule has 1 aliphatic carbocycles. The van der Waals surface area contributed by atoms with E-state index in [1.54, 1.807) is 12.7 Å². The second-order valence-electron chi connectivity index (χ2n) is 4.12. The summed E-state index contributed by atoms with van der Waals surface area (Å²) >= 11 is 0. The minimum Gasteiger partial charge on any atom is -0.481 e. The van der Waals surface area contributed by atoms with E-state index in [1.165, 1.54) is 6.42 Å². The Morgan fingerprint density at radius 1 is 1.33 bits per heavy atom. The second-order valence-corrected chi connectivity index (χ2v) is 4.12. The van der Waals surface area contributed by atoms with Gasteiger partial charge < -0.3 is 9.67 Å². The topological polar surface area (TPSA) is 68.0 Å². The minimum absolute atomic E-state index is 0.229. The van der Waals surface area contributed by atoms with Crippen molar-refractivity contribution in [1.29, 1.82) is 0 Å². The van der Waals surface area contributed by atoms with Crippen molar-refractivity contribution in [3.05, 3.63) is 12.7 Å². The van der Waals surface area contributed by atoms with E-state index in [9.17, 15) is 4.79 Å². The van der Waals surface area contributed by atoms with E-state index < -0.39 is 5.97 Å². The summed E-state index contributed by atoms with van der Waals surface area (Å²) in [6.45, 7) is 0. The Labute approximate surface area is 88.1 Å². The van der Waals surface area contributed by atoms with Crippen LogP contribution in [-0.4, -0.2) is 25.8 Å². The molecule has 0 amide bonds. The molecular formula is C10H15N3O2. The van der Waals surface area contributed by atoms with Crippen LogP contribution in [0.4, 0.5) is 0 Å². The summed E-state index contributed by atoms with van der Waals surface area (Å²) in [7, 11) is 0. The van der Waals surface area contributed by atoms with Crippen LogP contribution in [0.15, 0.2) is 12.7 Å². The lowest BCUT2D eigenvalue weighted by Gasteiger charge is -2.30. The highest BCUT2D eigenvalue weighted by Crippen LogP contribution is 2.35. The molecule has 15 heavy (non-hydrogen) atoms. The second kappa shape index (κ2) is 4.42. The van der Waals surface area contributed by atoms with Gasteiger partial charge in [0.15, 0.2) is 0 Å². The first-order valence-electron chi connectivity index (χ1n) is 5.33.